The van der Waals surface area contributed by atoms with Crippen LogP contribution in [-0.4, -0.2) is 6.04 Å². The minimum atomic E-state index is -0.289. The number of halogens is 1. The number of rotatable bonds is 4. The van der Waals surface area contributed by atoms with Crippen molar-refractivity contribution in [3.63, 3.8) is 0 Å². The van der Waals surface area contributed by atoms with E-state index in [4.69, 9.17) is 5.26 Å². The highest BCUT2D eigenvalue weighted by atomic mass is 19.1. The van der Waals surface area contributed by atoms with E-state index in [0.29, 0.717) is 23.7 Å². The molecule has 0 aromatic heterocycles. The van der Waals surface area contributed by atoms with Crippen molar-refractivity contribution in [2.24, 2.45) is 5.92 Å². The van der Waals surface area contributed by atoms with E-state index < -0.39 is 0 Å². The molecule has 0 radical (unpaired) electrons. The van der Waals surface area contributed by atoms with Gasteiger partial charge in [-0.1, -0.05) is 25.3 Å². The summed E-state index contributed by atoms with van der Waals surface area (Å²) in [4.78, 5) is 0. The first-order chi connectivity index (χ1) is 9.20. The summed E-state index contributed by atoms with van der Waals surface area (Å²) in [5.74, 6) is 0.428. The molecule has 2 nitrogen and oxygen atoms in total. The molecule has 0 amide bonds. The van der Waals surface area contributed by atoms with Crippen LogP contribution >= 0.6 is 0 Å². The molecule has 0 heterocycles. The van der Waals surface area contributed by atoms with Crippen LogP contribution in [0.1, 0.15) is 50.2 Å². The molecule has 1 aromatic rings. The summed E-state index contributed by atoms with van der Waals surface area (Å²) in [5, 5.41) is 12.1. The van der Waals surface area contributed by atoms with E-state index in [1.54, 1.807) is 12.1 Å². The van der Waals surface area contributed by atoms with Crippen molar-refractivity contribution in [3.8, 4) is 6.07 Å². The van der Waals surface area contributed by atoms with Gasteiger partial charge in [-0.05, 0) is 37.8 Å². The lowest BCUT2D eigenvalue weighted by Crippen LogP contribution is -2.34. The molecule has 0 bridgehead atoms. The smallest absolute Gasteiger partial charge is 0.129 e. The minimum absolute atomic E-state index is 0.289. The van der Waals surface area contributed by atoms with Gasteiger partial charge in [-0.25, -0.2) is 4.39 Å². The van der Waals surface area contributed by atoms with Crippen LogP contribution in [0.2, 0.25) is 0 Å². The molecule has 1 aliphatic carbocycles. The highest BCUT2D eigenvalue weighted by molar-refractivity contribution is 5.32. The Hall–Kier alpha value is -1.40. The van der Waals surface area contributed by atoms with Crippen LogP contribution in [0, 0.1) is 23.1 Å². The average molecular weight is 260 g/mol. The van der Waals surface area contributed by atoms with Crippen molar-refractivity contribution < 1.29 is 4.39 Å². The SMILES string of the molecule is C[C@@H](NCc1ccc(C#N)cc1F)C1CCCCC1. The fourth-order valence-electron chi connectivity index (χ4n) is 2.83. The number of hydrogen-bond acceptors (Lipinski definition) is 2. The summed E-state index contributed by atoms with van der Waals surface area (Å²) in [5.41, 5.74) is 1.02. The van der Waals surface area contributed by atoms with Crippen LogP contribution < -0.4 is 5.32 Å². The summed E-state index contributed by atoms with van der Waals surface area (Å²) in [6.07, 6.45) is 6.56. The van der Waals surface area contributed by atoms with Crippen LogP contribution in [0.15, 0.2) is 18.2 Å². The number of nitriles is 1. The topological polar surface area (TPSA) is 35.8 Å². The first-order valence-corrected chi connectivity index (χ1v) is 7.12. The Balaban J connectivity index is 1.89. The third-order valence-corrected chi connectivity index (χ3v) is 4.15. The summed E-state index contributed by atoms with van der Waals surface area (Å²) in [6.45, 7) is 2.73. The Bertz CT molecular complexity index is 458. The van der Waals surface area contributed by atoms with Gasteiger partial charge in [0, 0.05) is 18.2 Å². The summed E-state index contributed by atoms with van der Waals surface area (Å²) in [7, 11) is 0. The first-order valence-electron chi connectivity index (χ1n) is 7.12. The van der Waals surface area contributed by atoms with E-state index in [1.807, 2.05) is 6.07 Å². The maximum Gasteiger partial charge on any atom is 0.129 e. The largest absolute Gasteiger partial charge is 0.310 e. The fourth-order valence-corrected chi connectivity index (χ4v) is 2.83. The Labute approximate surface area is 114 Å². The molecular formula is C16H21FN2. The van der Waals surface area contributed by atoms with Gasteiger partial charge in [-0.3, -0.25) is 0 Å². The lowest BCUT2D eigenvalue weighted by Gasteiger charge is -2.28. The summed E-state index contributed by atoms with van der Waals surface area (Å²) < 4.78 is 13.7. The minimum Gasteiger partial charge on any atom is -0.310 e. The number of hydrogen-bond donors (Lipinski definition) is 1. The number of nitrogens with zero attached hydrogens (tertiary/aromatic N) is 1. The zero-order chi connectivity index (χ0) is 13.7. The van der Waals surface area contributed by atoms with Crippen molar-refractivity contribution in [1.82, 2.24) is 5.32 Å². The molecular weight excluding hydrogens is 239 g/mol. The Morgan fingerprint density at radius 2 is 2.11 bits per heavy atom. The standard InChI is InChI=1S/C16H21FN2/c1-12(14-5-3-2-4-6-14)19-11-15-8-7-13(10-18)9-16(15)17/h7-9,12,14,19H,2-6,11H2,1H3/t12-/m1/s1. The molecule has 1 atom stereocenters. The second-order valence-corrected chi connectivity index (χ2v) is 5.49. The van der Waals surface area contributed by atoms with E-state index in [1.165, 1.54) is 38.2 Å². The lowest BCUT2D eigenvalue weighted by molar-refractivity contribution is 0.280. The third kappa shape index (κ3) is 3.78. The monoisotopic (exact) mass is 260 g/mol. The molecule has 0 aliphatic heterocycles. The summed E-state index contributed by atoms with van der Waals surface area (Å²) >= 11 is 0. The maximum absolute atomic E-state index is 13.7. The van der Waals surface area contributed by atoms with Crippen molar-refractivity contribution in [3.05, 3.63) is 35.1 Å². The zero-order valence-electron chi connectivity index (χ0n) is 11.5. The molecule has 0 saturated heterocycles. The van der Waals surface area contributed by atoms with Crippen LogP contribution in [0.5, 0.6) is 0 Å². The van der Waals surface area contributed by atoms with E-state index in [-0.39, 0.29) is 5.82 Å². The van der Waals surface area contributed by atoms with Gasteiger partial charge in [-0.2, -0.15) is 5.26 Å². The molecule has 2 rings (SSSR count). The van der Waals surface area contributed by atoms with E-state index in [0.717, 1.165) is 5.92 Å². The highest BCUT2D eigenvalue weighted by Gasteiger charge is 2.19. The van der Waals surface area contributed by atoms with Crippen LogP contribution in [0.25, 0.3) is 0 Å². The fraction of sp³-hybridized carbons (Fsp3) is 0.562. The lowest BCUT2D eigenvalue weighted by atomic mass is 9.84. The van der Waals surface area contributed by atoms with Crippen molar-refractivity contribution in [2.45, 2.75) is 51.6 Å². The van der Waals surface area contributed by atoms with Crippen LogP contribution in [0.4, 0.5) is 4.39 Å². The molecule has 1 saturated carbocycles. The van der Waals surface area contributed by atoms with E-state index in [9.17, 15) is 4.39 Å². The van der Waals surface area contributed by atoms with Gasteiger partial charge in [0.25, 0.3) is 0 Å². The predicted octanol–water partition coefficient (Wildman–Crippen LogP) is 3.76. The third-order valence-electron chi connectivity index (χ3n) is 4.15. The summed E-state index contributed by atoms with van der Waals surface area (Å²) in [6, 6.07) is 7.06. The van der Waals surface area contributed by atoms with Crippen molar-refractivity contribution >= 4 is 0 Å². The highest BCUT2D eigenvalue weighted by Crippen LogP contribution is 2.26. The molecule has 0 unspecified atom stereocenters. The van der Waals surface area contributed by atoms with Gasteiger partial charge in [0.15, 0.2) is 0 Å². The molecule has 0 spiro atoms. The molecule has 102 valence electrons. The van der Waals surface area contributed by atoms with Gasteiger partial charge < -0.3 is 5.32 Å². The maximum atomic E-state index is 13.7. The molecule has 3 heteroatoms. The van der Waals surface area contributed by atoms with Crippen molar-refractivity contribution in [2.75, 3.05) is 0 Å². The quantitative estimate of drug-likeness (QED) is 0.894. The Morgan fingerprint density at radius 3 is 2.74 bits per heavy atom. The van der Waals surface area contributed by atoms with Gasteiger partial charge >= 0.3 is 0 Å². The van der Waals surface area contributed by atoms with Crippen LogP contribution in [0.3, 0.4) is 0 Å². The van der Waals surface area contributed by atoms with Gasteiger partial charge in [-0.15, -0.1) is 0 Å². The van der Waals surface area contributed by atoms with Crippen LogP contribution in [-0.2, 0) is 6.54 Å². The van der Waals surface area contributed by atoms with Crippen molar-refractivity contribution in [1.29, 1.82) is 5.26 Å². The second-order valence-electron chi connectivity index (χ2n) is 5.49. The molecule has 1 aromatic carbocycles. The predicted molar refractivity (Wildman–Crippen MR) is 74.0 cm³/mol. The number of benzene rings is 1. The molecule has 1 aliphatic rings. The normalized spacial score (nSPS) is 17.9. The zero-order valence-corrected chi connectivity index (χ0v) is 11.5. The molecule has 1 fully saturated rings. The molecule has 1 N–H and O–H groups in total. The Kier molecular flexibility index (Phi) is 4.93. The van der Waals surface area contributed by atoms with Gasteiger partial charge in [0.05, 0.1) is 11.6 Å². The van der Waals surface area contributed by atoms with Gasteiger partial charge in [0.1, 0.15) is 5.82 Å². The van der Waals surface area contributed by atoms with E-state index >= 15 is 0 Å². The van der Waals surface area contributed by atoms with Gasteiger partial charge in [0.2, 0.25) is 0 Å². The van der Waals surface area contributed by atoms with E-state index in [2.05, 4.69) is 12.2 Å². The Morgan fingerprint density at radius 1 is 1.37 bits per heavy atom. The molecule has 19 heavy (non-hydrogen) atoms. The number of nitrogens with one attached hydrogen (secondary N) is 1. The second kappa shape index (κ2) is 6.68. The first kappa shape index (κ1) is 14.0. The average Bonchev–Trinajstić information content (AvgIpc) is 2.46.